The van der Waals surface area contributed by atoms with Gasteiger partial charge in [-0.05, 0) is 10.0 Å². The standard InChI is InChI=1S/C6H2Cl3.BrH.ClH.Mg/c7-4-2-1-3-5(8)6(4)9;;;/h1-2H;2*1H;/q-1;;;+2/p-1. The zero-order valence-corrected chi connectivity index (χ0v) is 11.9. The second kappa shape index (κ2) is 9.19. The molecular weight excluding hydrogens is 318 g/mol. The van der Waals surface area contributed by atoms with Crippen molar-refractivity contribution in [3.05, 3.63) is 33.3 Å². The Bertz CT molecular complexity index is 211. The summed E-state index contributed by atoms with van der Waals surface area (Å²) in [5.41, 5.74) is 0. The van der Waals surface area contributed by atoms with E-state index in [1.54, 1.807) is 12.1 Å². The summed E-state index contributed by atoms with van der Waals surface area (Å²) in [5, 5.41) is 1.19. The molecule has 12 heavy (non-hydrogen) atoms. The molecule has 1 aromatic rings. The van der Waals surface area contributed by atoms with Gasteiger partial charge in [-0.15, -0.1) is 40.2 Å². The molecule has 0 aliphatic heterocycles. The van der Waals surface area contributed by atoms with E-state index >= 15 is 0 Å². The first kappa shape index (κ1) is 19.2. The molecule has 0 saturated heterocycles. The smallest absolute Gasteiger partial charge is 1.00 e. The van der Waals surface area contributed by atoms with Gasteiger partial charge >= 0.3 is 23.1 Å². The molecule has 64 valence electrons. The molecule has 0 unspecified atom stereocenters. The molecule has 0 radical (unpaired) electrons. The third-order valence-electron chi connectivity index (χ3n) is 0.842. The zero-order chi connectivity index (χ0) is 6.85. The van der Waals surface area contributed by atoms with E-state index in [1.165, 1.54) is 0 Å². The second-order valence-corrected chi connectivity index (χ2v) is 2.62. The van der Waals surface area contributed by atoms with Crippen LogP contribution >= 0.6 is 51.8 Å². The van der Waals surface area contributed by atoms with Crippen molar-refractivity contribution in [2.24, 2.45) is 0 Å². The number of hydrogen-bond donors (Lipinski definition) is 0. The van der Waals surface area contributed by atoms with Gasteiger partial charge in [-0.25, -0.2) is 0 Å². The summed E-state index contributed by atoms with van der Waals surface area (Å²) in [6, 6.07) is 5.95. The van der Waals surface area contributed by atoms with E-state index in [4.69, 9.17) is 34.8 Å². The minimum Gasteiger partial charge on any atom is -1.00 e. The van der Waals surface area contributed by atoms with Gasteiger partial charge in [0.2, 0.25) is 0 Å². The molecule has 0 spiro atoms. The maximum atomic E-state index is 5.58. The van der Waals surface area contributed by atoms with Gasteiger partial charge in [-0.3, -0.25) is 0 Å². The molecule has 0 amide bonds. The van der Waals surface area contributed by atoms with Crippen LogP contribution in [0.25, 0.3) is 0 Å². The molecule has 0 nitrogen and oxygen atoms in total. The average Bonchev–Trinajstić information content (AvgIpc) is 1.83. The molecule has 0 saturated carbocycles. The van der Waals surface area contributed by atoms with Crippen molar-refractivity contribution in [1.82, 2.24) is 0 Å². The van der Waals surface area contributed by atoms with Crippen molar-refractivity contribution in [2.45, 2.75) is 0 Å². The largest absolute Gasteiger partial charge is 2.00 e. The predicted molar refractivity (Wildman–Crippen MR) is 56.4 cm³/mol. The SMILES string of the molecule is Br.Clc1[c-]ccc(Cl)c1Cl.[Cl-].[Mg+2]. The van der Waals surface area contributed by atoms with Crippen molar-refractivity contribution < 1.29 is 12.4 Å². The molecule has 0 fully saturated rings. The fourth-order valence-corrected chi connectivity index (χ4v) is 0.918. The molecule has 1 aromatic carbocycles. The van der Waals surface area contributed by atoms with Crippen molar-refractivity contribution in [3.8, 4) is 0 Å². The van der Waals surface area contributed by atoms with Gasteiger partial charge in [0.1, 0.15) is 0 Å². The summed E-state index contributed by atoms with van der Waals surface area (Å²) in [6.07, 6.45) is 0. The van der Waals surface area contributed by atoms with Gasteiger partial charge < -0.3 is 12.4 Å². The van der Waals surface area contributed by atoms with Crippen LogP contribution in [0, 0.1) is 6.07 Å². The van der Waals surface area contributed by atoms with Crippen LogP contribution in [-0.2, 0) is 0 Å². The quantitative estimate of drug-likeness (QED) is 0.374. The third kappa shape index (κ3) is 5.38. The average molecular weight is 321 g/mol. The minimum absolute atomic E-state index is 0. The predicted octanol–water partition coefficient (Wildman–Crippen LogP) is 0.648. The molecule has 0 aliphatic carbocycles. The summed E-state index contributed by atoms with van der Waals surface area (Å²) >= 11 is 16.7. The molecule has 1 rings (SSSR count). The number of benzene rings is 1. The number of rotatable bonds is 0. The van der Waals surface area contributed by atoms with E-state index in [9.17, 15) is 0 Å². The van der Waals surface area contributed by atoms with Gasteiger partial charge in [0.25, 0.3) is 0 Å². The Labute approximate surface area is 119 Å². The normalized spacial score (nSPS) is 7.25. The summed E-state index contributed by atoms with van der Waals surface area (Å²) in [5.74, 6) is 0. The Morgan fingerprint density at radius 1 is 1.17 bits per heavy atom. The molecule has 0 aliphatic rings. The Morgan fingerprint density at radius 2 is 1.67 bits per heavy atom. The van der Waals surface area contributed by atoms with Crippen LogP contribution in [0.4, 0.5) is 0 Å². The van der Waals surface area contributed by atoms with E-state index in [2.05, 4.69) is 6.07 Å². The van der Waals surface area contributed by atoms with Crippen LogP contribution < -0.4 is 12.4 Å². The first-order valence-electron chi connectivity index (χ1n) is 2.23. The molecule has 0 aromatic heterocycles. The van der Waals surface area contributed by atoms with Crippen molar-refractivity contribution in [1.29, 1.82) is 0 Å². The maximum Gasteiger partial charge on any atom is 2.00 e. The fourth-order valence-electron chi connectivity index (χ4n) is 0.429. The molecule has 0 N–H and O–H groups in total. The molecule has 0 heterocycles. The summed E-state index contributed by atoms with van der Waals surface area (Å²) in [4.78, 5) is 0. The van der Waals surface area contributed by atoms with Gasteiger partial charge in [0.05, 0.1) is 0 Å². The second-order valence-electron chi connectivity index (χ2n) is 1.45. The molecule has 6 heteroatoms. The summed E-state index contributed by atoms with van der Waals surface area (Å²) in [7, 11) is 0. The third-order valence-corrected chi connectivity index (χ3v) is 2.04. The van der Waals surface area contributed by atoms with Crippen LogP contribution in [0.3, 0.4) is 0 Å². The van der Waals surface area contributed by atoms with Gasteiger partial charge in [-0.1, -0.05) is 5.02 Å². The minimum atomic E-state index is 0. The zero-order valence-electron chi connectivity index (χ0n) is 5.78. The fraction of sp³-hybridized carbons (Fsp3) is 0. The van der Waals surface area contributed by atoms with Crippen molar-refractivity contribution in [2.75, 3.05) is 0 Å². The van der Waals surface area contributed by atoms with E-state index < -0.39 is 0 Å². The molecule has 0 bridgehead atoms. The first-order valence-corrected chi connectivity index (χ1v) is 3.36. The van der Waals surface area contributed by atoms with Crippen LogP contribution in [0.1, 0.15) is 0 Å². The Hall–Kier alpha value is 1.63. The Morgan fingerprint density at radius 3 is 2.00 bits per heavy atom. The van der Waals surface area contributed by atoms with Crippen LogP contribution in [0.5, 0.6) is 0 Å². The monoisotopic (exact) mass is 318 g/mol. The van der Waals surface area contributed by atoms with E-state index in [1.807, 2.05) is 0 Å². The Kier molecular flexibility index (Phi) is 14.7. The van der Waals surface area contributed by atoms with Gasteiger partial charge in [0, 0.05) is 0 Å². The van der Waals surface area contributed by atoms with E-state index in [-0.39, 0.29) is 52.4 Å². The van der Waals surface area contributed by atoms with Crippen LogP contribution in [0.2, 0.25) is 15.1 Å². The molecular formula is C6H3BrCl4Mg. The number of halogens is 5. The van der Waals surface area contributed by atoms with Crippen LogP contribution in [-0.4, -0.2) is 23.1 Å². The van der Waals surface area contributed by atoms with Crippen molar-refractivity contribution >= 4 is 74.8 Å². The van der Waals surface area contributed by atoms with Crippen LogP contribution in [0.15, 0.2) is 12.1 Å². The summed E-state index contributed by atoms with van der Waals surface area (Å²) < 4.78 is 0. The first-order chi connectivity index (χ1) is 4.22. The van der Waals surface area contributed by atoms with Gasteiger partial charge in [0.15, 0.2) is 0 Å². The van der Waals surface area contributed by atoms with Crippen molar-refractivity contribution in [3.63, 3.8) is 0 Å². The topological polar surface area (TPSA) is 0 Å². The maximum absolute atomic E-state index is 5.58. The summed E-state index contributed by atoms with van der Waals surface area (Å²) in [6.45, 7) is 0. The van der Waals surface area contributed by atoms with E-state index in [0.717, 1.165) is 0 Å². The van der Waals surface area contributed by atoms with Gasteiger partial charge in [-0.2, -0.15) is 29.8 Å². The Balaban J connectivity index is -0.000000270. The number of hydrogen-bond acceptors (Lipinski definition) is 0. The molecule has 0 atom stereocenters. The van der Waals surface area contributed by atoms with E-state index in [0.29, 0.717) is 15.1 Å².